The van der Waals surface area contributed by atoms with Gasteiger partial charge in [-0.25, -0.2) is 4.98 Å². The van der Waals surface area contributed by atoms with Crippen LogP contribution in [0.4, 0.5) is 5.82 Å². The number of hydrogen-bond donors (Lipinski definition) is 2. The number of rotatable bonds is 2. The minimum absolute atomic E-state index is 0.0848. The molecular formula is C13H14N2O. The summed E-state index contributed by atoms with van der Waals surface area (Å²) in [5.41, 5.74) is 9.59. The number of aromatic nitrogens is 1. The normalized spacial score (nSPS) is 10.4. The first-order valence-electron chi connectivity index (χ1n) is 5.13. The summed E-state index contributed by atoms with van der Waals surface area (Å²) in [5, 5.41) is 9.14. The Kier molecular flexibility index (Phi) is 2.88. The van der Waals surface area contributed by atoms with Crippen molar-refractivity contribution in [2.75, 3.05) is 5.73 Å². The Balaban J connectivity index is 2.53. The van der Waals surface area contributed by atoms with E-state index in [2.05, 4.69) is 4.98 Å². The fourth-order valence-electron chi connectivity index (χ4n) is 1.69. The van der Waals surface area contributed by atoms with E-state index in [0.29, 0.717) is 11.4 Å². The molecule has 0 aliphatic carbocycles. The second-order valence-corrected chi connectivity index (χ2v) is 3.74. The van der Waals surface area contributed by atoms with E-state index < -0.39 is 0 Å². The number of benzene rings is 1. The quantitative estimate of drug-likeness (QED) is 0.805. The molecule has 0 atom stereocenters. The fraction of sp³-hybridized carbons (Fsp3) is 0.154. The summed E-state index contributed by atoms with van der Waals surface area (Å²) in [6, 6.07) is 9.94. The van der Waals surface area contributed by atoms with Crippen LogP contribution in [0.2, 0.25) is 0 Å². The van der Waals surface area contributed by atoms with E-state index in [1.165, 1.54) is 5.56 Å². The molecule has 16 heavy (non-hydrogen) atoms. The van der Waals surface area contributed by atoms with Gasteiger partial charge in [-0.05, 0) is 24.1 Å². The van der Waals surface area contributed by atoms with Gasteiger partial charge in [-0.1, -0.05) is 24.3 Å². The molecule has 0 radical (unpaired) electrons. The van der Waals surface area contributed by atoms with Gasteiger partial charge in [0.05, 0.1) is 6.61 Å². The molecule has 0 unspecified atom stereocenters. The van der Waals surface area contributed by atoms with Crippen LogP contribution in [0, 0.1) is 6.92 Å². The maximum Gasteiger partial charge on any atom is 0.128 e. The molecule has 0 aliphatic heterocycles. The van der Waals surface area contributed by atoms with Crippen LogP contribution in [-0.2, 0) is 6.61 Å². The standard InChI is InChI=1S/C13H14N2O/c1-9-4-2-3-5-12(9)10-6-11(8-16)13(14)15-7-10/h2-7,16H,8H2,1H3,(H2,14,15). The smallest absolute Gasteiger partial charge is 0.128 e. The van der Waals surface area contributed by atoms with E-state index in [0.717, 1.165) is 11.1 Å². The van der Waals surface area contributed by atoms with E-state index in [4.69, 9.17) is 10.8 Å². The van der Waals surface area contributed by atoms with Crippen LogP contribution in [0.15, 0.2) is 36.5 Å². The van der Waals surface area contributed by atoms with Crippen molar-refractivity contribution in [2.45, 2.75) is 13.5 Å². The third-order valence-corrected chi connectivity index (χ3v) is 2.63. The highest BCUT2D eigenvalue weighted by Gasteiger charge is 2.05. The zero-order valence-corrected chi connectivity index (χ0v) is 9.14. The zero-order chi connectivity index (χ0) is 11.5. The molecule has 0 fully saturated rings. The largest absolute Gasteiger partial charge is 0.392 e. The van der Waals surface area contributed by atoms with Gasteiger partial charge in [-0.15, -0.1) is 0 Å². The van der Waals surface area contributed by atoms with Crippen LogP contribution >= 0.6 is 0 Å². The SMILES string of the molecule is Cc1ccccc1-c1cnc(N)c(CO)c1. The van der Waals surface area contributed by atoms with Gasteiger partial charge < -0.3 is 10.8 Å². The Labute approximate surface area is 94.6 Å². The summed E-state index contributed by atoms with van der Waals surface area (Å²) in [5.74, 6) is 0.389. The highest BCUT2D eigenvalue weighted by atomic mass is 16.3. The fourth-order valence-corrected chi connectivity index (χ4v) is 1.69. The van der Waals surface area contributed by atoms with E-state index in [9.17, 15) is 0 Å². The summed E-state index contributed by atoms with van der Waals surface area (Å²) < 4.78 is 0. The lowest BCUT2D eigenvalue weighted by atomic mass is 10.0. The summed E-state index contributed by atoms with van der Waals surface area (Å²) in [4.78, 5) is 4.09. The van der Waals surface area contributed by atoms with Crippen molar-refractivity contribution in [3.8, 4) is 11.1 Å². The first-order chi connectivity index (χ1) is 7.72. The van der Waals surface area contributed by atoms with Crippen LogP contribution in [0.5, 0.6) is 0 Å². The van der Waals surface area contributed by atoms with Gasteiger partial charge in [-0.3, -0.25) is 0 Å². The third kappa shape index (κ3) is 1.90. The molecule has 0 aliphatic rings. The van der Waals surface area contributed by atoms with Crippen molar-refractivity contribution < 1.29 is 5.11 Å². The van der Waals surface area contributed by atoms with Gasteiger partial charge in [-0.2, -0.15) is 0 Å². The highest BCUT2D eigenvalue weighted by molar-refractivity contribution is 5.68. The second kappa shape index (κ2) is 4.33. The van der Waals surface area contributed by atoms with Gasteiger partial charge in [0.25, 0.3) is 0 Å². The second-order valence-electron chi connectivity index (χ2n) is 3.74. The topological polar surface area (TPSA) is 59.1 Å². The minimum atomic E-state index is -0.0848. The van der Waals surface area contributed by atoms with Crippen LogP contribution in [-0.4, -0.2) is 10.1 Å². The van der Waals surface area contributed by atoms with Crippen molar-refractivity contribution in [3.63, 3.8) is 0 Å². The van der Waals surface area contributed by atoms with Crippen molar-refractivity contribution in [2.24, 2.45) is 0 Å². The number of aliphatic hydroxyl groups is 1. The summed E-state index contributed by atoms with van der Waals surface area (Å²) in [6.45, 7) is 1.96. The molecule has 3 N–H and O–H groups in total. The van der Waals surface area contributed by atoms with Crippen LogP contribution < -0.4 is 5.73 Å². The van der Waals surface area contributed by atoms with Crippen LogP contribution in [0.1, 0.15) is 11.1 Å². The zero-order valence-electron chi connectivity index (χ0n) is 9.14. The third-order valence-electron chi connectivity index (χ3n) is 2.63. The highest BCUT2D eigenvalue weighted by Crippen LogP contribution is 2.24. The summed E-state index contributed by atoms with van der Waals surface area (Å²) in [7, 11) is 0. The molecule has 0 spiro atoms. The predicted molar refractivity (Wildman–Crippen MR) is 64.7 cm³/mol. The Morgan fingerprint density at radius 2 is 2.06 bits per heavy atom. The lowest BCUT2D eigenvalue weighted by molar-refractivity contribution is 0.282. The molecule has 3 heteroatoms. The average molecular weight is 214 g/mol. The Morgan fingerprint density at radius 1 is 1.31 bits per heavy atom. The molecule has 2 rings (SSSR count). The minimum Gasteiger partial charge on any atom is -0.392 e. The Morgan fingerprint density at radius 3 is 2.75 bits per heavy atom. The number of nitrogens with zero attached hydrogens (tertiary/aromatic N) is 1. The van der Waals surface area contributed by atoms with E-state index in [-0.39, 0.29) is 6.61 Å². The molecule has 82 valence electrons. The molecule has 2 aromatic rings. The molecule has 0 saturated carbocycles. The number of nitrogens with two attached hydrogens (primary N) is 1. The number of anilines is 1. The monoisotopic (exact) mass is 214 g/mol. The van der Waals surface area contributed by atoms with Gasteiger partial charge in [0.2, 0.25) is 0 Å². The number of aliphatic hydroxyl groups excluding tert-OH is 1. The van der Waals surface area contributed by atoms with Crippen molar-refractivity contribution in [3.05, 3.63) is 47.7 Å². The predicted octanol–water partition coefficient (Wildman–Crippen LogP) is 2.13. The van der Waals surface area contributed by atoms with Gasteiger partial charge in [0.1, 0.15) is 5.82 Å². The van der Waals surface area contributed by atoms with E-state index in [1.807, 2.05) is 37.3 Å². The van der Waals surface area contributed by atoms with Crippen LogP contribution in [0.25, 0.3) is 11.1 Å². The number of pyridine rings is 1. The van der Waals surface area contributed by atoms with Crippen LogP contribution in [0.3, 0.4) is 0 Å². The van der Waals surface area contributed by atoms with Crippen molar-refractivity contribution in [1.82, 2.24) is 4.98 Å². The van der Waals surface area contributed by atoms with E-state index >= 15 is 0 Å². The van der Waals surface area contributed by atoms with Crippen molar-refractivity contribution in [1.29, 1.82) is 0 Å². The first-order valence-corrected chi connectivity index (χ1v) is 5.13. The Hall–Kier alpha value is -1.87. The molecule has 0 bridgehead atoms. The first kappa shape index (κ1) is 10.6. The lowest BCUT2D eigenvalue weighted by Crippen LogP contribution is -1.98. The van der Waals surface area contributed by atoms with Crippen molar-refractivity contribution >= 4 is 5.82 Å². The molecule has 1 aromatic carbocycles. The van der Waals surface area contributed by atoms with Gasteiger partial charge in [0, 0.05) is 17.3 Å². The summed E-state index contributed by atoms with van der Waals surface area (Å²) >= 11 is 0. The molecular weight excluding hydrogens is 200 g/mol. The van der Waals surface area contributed by atoms with Gasteiger partial charge >= 0.3 is 0 Å². The molecule has 1 aromatic heterocycles. The number of aryl methyl sites for hydroxylation is 1. The number of hydrogen-bond acceptors (Lipinski definition) is 3. The molecule has 0 amide bonds. The lowest BCUT2D eigenvalue weighted by Gasteiger charge is -2.08. The maximum absolute atomic E-state index is 9.14. The Bertz CT molecular complexity index is 509. The van der Waals surface area contributed by atoms with Gasteiger partial charge in [0.15, 0.2) is 0 Å². The molecule has 0 saturated heterocycles. The number of nitrogen functional groups attached to an aromatic ring is 1. The molecule has 1 heterocycles. The maximum atomic E-state index is 9.14. The average Bonchev–Trinajstić information content (AvgIpc) is 2.31. The summed E-state index contributed by atoms with van der Waals surface area (Å²) in [6.07, 6.45) is 1.73. The van der Waals surface area contributed by atoms with E-state index in [1.54, 1.807) is 6.20 Å². The molecule has 3 nitrogen and oxygen atoms in total.